The lowest BCUT2D eigenvalue weighted by molar-refractivity contribution is 0.862. The van der Waals surface area contributed by atoms with Gasteiger partial charge in [0, 0.05) is 43.5 Å². The smallest absolute Gasteiger partial charge is 0.0366 e. The zero-order valence-electron chi connectivity index (χ0n) is 20.5. The van der Waals surface area contributed by atoms with Gasteiger partial charge in [0.05, 0.1) is 0 Å². The Kier molecular flexibility index (Phi) is 7.34. The highest BCUT2D eigenvalue weighted by Crippen LogP contribution is 2.35. The van der Waals surface area contributed by atoms with Gasteiger partial charge in [-0.25, -0.2) is 0 Å². The first kappa shape index (κ1) is 22.9. The zero-order chi connectivity index (χ0) is 23.2. The Balaban J connectivity index is 1.78. The summed E-state index contributed by atoms with van der Waals surface area (Å²) in [6, 6.07) is 33.9. The van der Waals surface area contributed by atoms with Crippen LogP contribution in [-0.4, -0.2) is 26.2 Å². The van der Waals surface area contributed by atoms with Crippen LogP contribution >= 0.6 is 0 Å². The van der Waals surface area contributed by atoms with Crippen molar-refractivity contribution >= 4 is 22.1 Å². The molecule has 0 aliphatic rings. The van der Waals surface area contributed by atoms with E-state index in [9.17, 15) is 0 Å². The van der Waals surface area contributed by atoms with Crippen molar-refractivity contribution in [3.8, 4) is 0 Å². The molecular weight excluding hydrogens is 400 g/mol. The maximum Gasteiger partial charge on any atom is 0.0366 e. The summed E-state index contributed by atoms with van der Waals surface area (Å²) in [4.78, 5) is 4.79. The minimum absolute atomic E-state index is 0.200. The van der Waals surface area contributed by atoms with Gasteiger partial charge in [0.15, 0.2) is 0 Å². The molecule has 0 aliphatic heterocycles. The minimum Gasteiger partial charge on any atom is -0.372 e. The first-order chi connectivity index (χ1) is 16.2. The summed E-state index contributed by atoms with van der Waals surface area (Å²) in [5.74, 6) is 0.200. The molecule has 4 aromatic rings. The molecule has 0 saturated heterocycles. The van der Waals surface area contributed by atoms with Crippen LogP contribution in [0.2, 0.25) is 0 Å². The molecule has 4 rings (SSSR count). The van der Waals surface area contributed by atoms with E-state index in [1.807, 2.05) is 0 Å². The van der Waals surface area contributed by atoms with Gasteiger partial charge < -0.3 is 9.80 Å². The second kappa shape index (κ2) is 10.6. The second-order valence-electron chi connectivity index (χ2n) is 8.57. The second-order valence-corrected chi connectivity index (χ2v) is 8.57. The van der Waals surface area contributed by atoms with Crippen molar-refractivity contribution in [3.63, 3.8) is 0 Å². The summed E-state index contributed by atoms with van der Waals surface area (Å²) >= 11 is 0. The lowest BCUT2D eigenvalue weighted by Gasteiger charge is -2.25. The van der Waals surface area contributed by atoms with Crippen LogP contribution in [0, 0.1) is 0 Å². The van der Waals surface area contributed by atoms with Gasteiger partial charge in [-0.3, -0.25) is 0 Å². The Morgan fingerprint density at radius 2 is 0.909 bits per heavy atom. The summed E-state index contributed by atoms with van der Waals surface area (Å²) < 4.78 is 0. The fourth-order valence-electron chi connectivity index (χ4n) is 4.90. The highest BCUT2D eigenvalue weighted by Gasteiger charge is 2.18. The molecule has 2 nitrogen and oxygen atoms in total. The summed E-state index contributed by atoms with van der Waals surface area (Å²) in [6.45, 7) is 13.0. The molecular formula is C31H36N2. The molecule has 0 amide bonds. The maximum atomic E-state index is 2.40. The largest absolute Gasteiger partial charge is 0.372 e. The van der Waals surface area contributed by atoms with Gasteiger partial charge in [0.2, 0.25) is 0 Å². The summed E-state index contributed by atoms with van der Waals surface area (Å²) in [7, 11) is 0. The highest BCUT2D eigenvalue weighted by atomic mass is 15.1. The third kappa shape index (κ3) is 4.90. The molecule has 0 saturated carbocycles. The molecule has 0 heterocycles. The van der Waals surface area contributed by atoms with Crippen molar-refractivity contribution in [2.75, 3.05) is 36.0 Å². The van der Waals surface area contributed by atoms with Gasteiger partial charge in [0.1, 0.15) is 0 Å². The monoisotopic (exact) mass is 436 g/mol. The fourth-order valence-corrected chi connectivity index (χ4v) is 4.90. The third-order valence-corrected chi connectivity index (χ3v) is 6.82. The topological polar surface area (TPSA) is 6.48 Å². The van der Waals surface area contributed by atoms with E-state index in [4.69, 9.17) is 0 Å². The molecule has 0 unspecified atom stereocenters. The van der Waals surface area contributed by atoms with E-state index in [1.165, 1.54) is 38.8 Å². The number of hydrogen-bond donors (Lipinski definition) is 0. The van der Waals surface area contributed by atoms with E-state index >= 15 is 0 Å². The van der Waals surface area contributed by atoms with Gasteiger partial charge in [0.25, 0.3) is 0 Å². The molecule has 2 heteroatoms. The van der Waals surface area contributed by atoms with E-state index in [0.29, 0.717) is 0 Å². The van der Waals surface area contributed by atoms with Crippen LogP contribution in [0.3, 0.4) is 0 Å². The number of hydrogen-bond acceptors (Lipinski definition) is 2. The molecule has 0 N–H and O–H groups in total. The average Bonchev–Trinajstić information content (AvgIpc) is 2.87. The zero-order valence-corrected chi connectivity index (χ0v) is 20.5. The van der Waals surface area contributed by atoms with Gasteiger partial charge in [-0.15, -0.1) is 0 Å². The van der Waals surface area contributed by atoms with Crippen LogP contribution in [0.4, 0.5) is 11.4 Å². The number of benzene rings is 4. The fraction of sp³-hybridized carbons (Fsp3) is 0.290. The van der Waals surface area contributed by atoms with Crippen molar-refractivity contribution < 1.29 is 0 Å². The van der Waals surface area contributed by atoms with Gasteiger partial charge in [-0.2, -0.15) is 0 Å². The van der Waals surface area contributed by atoms with Gasteiger partial charge in [-0.05, 0) is 79.4 Å². The van der Waals surface area contributed by atoms with Crippen LogP contribution in [0.1, 0.15) is 50.3 Å². The number of fused-ring (bicyclic) bond motifs is 1. The molecule has 0 radical (unpaired) electrons. The molecule has 0 bridgehead atoms. The molecule has 33 heavy (non-hydrogen) atoms. The summed E-state index contributed by atoms with van der Waals surface area (Å²) in [5, 5.41) is 2.58. The third-order valence-electron chi connectivity index (χ3n) is 6.82. The van der Waals surface area contributed by atoms with E-state index < -0.39 is 0 Å². The Morgan fingerprint density at radius 1 is 0.485 bits per heavy atom. The standard InChI is InChI=1S/C31H36N2/c1-5-32(6-2)29-19-15-25(16-20-29)31(26-17-21-30(22-18-26)33(7-3)8-4)28-14-13-24-11-9-10-12-27(24)23-28/h9-23,31H,5-8H2,1-4H3. The molecule has 0 aromatic heterocycles. The van der Waals surface area contributed by atoms with Crippen LogP contribution in [0.25, 0.3) is 10.8 Å². The van der Waals surface area contributed by atoms with Crippen LogP contribution < -0.4 is 9.80 Å². The lowest BCUT2D eigenvalue weighted by Crippen LogP contribution is -2.21. The summed E-state index contributed by atoms with van der Waals surface area (Å²) in [5.41, 5.74) is 6.57. The molecule has 0 aliphatic carbocycles. The Bertz CT molecular complexity index is 1100. The Labute approximate surface area is 199 Å². The lowest BCUT2D eigenvalue weighted by atomic mass is 9.84. The van der Waals surface area contributed by atoms with E-state index in [1.54, 1.807) is 0 Å². The van der Waals surface area contributed by atoms with Crippen molar-refractivity contribution in [2.24, 2.45) is 0 Å². The van der Waals surface area contributed by atoms with E-state index in [2.05, 4.69) is 128 Å². The number of anilines is 2. The van der Waals surface area contributed by atoms with Crippen molar-refractivity contribution in [2.45, 2.75) is 33.6 Å². The van der Waals surface area contributed by atoms with Gasteiger partial charge in [-0.1, -0.05) is 66.7 Å². The highest BCUT2D eigenvalue weighted by molar-refractivity contribution is 5.83. The Hall–Kier alpha value is -3.26. The first-order valence-corrected chi connectivity index (χ1v) is 12.4. The minimum atomic E-state index is 0.200. The molecule has 4 aromatic carbocycles. The number of nitrogens with zero attached hydrogens (tertiary/aromatic N) is 2. The summed E-state index contributed by atoms with van der Waals surface area (Å²) in [6.07, 6.45) is 0. The van der Waals surface area contributed by atoms with E-state index in [0.717, 1.165) is 26.2 Å². The van der Waals surface area contributed by atoms with Crippen LogP contribution in [0.5, 0.6) is 0 Å². The maximum absolute atomic E-state index is 2.40. The van der Waals surface area contributed by atoms with Gasteiger partial charge >= 0.3 is 0 Å². The predicted octanol–water partition coefficient (Wildman–Crippen LogP) is 7.71. The molecule has 0 fully saturated rings. The normalized spacial score (nSPS) is 11.2. The number of rotatable bonds is 9. The van der Waals surface area contributed by atoms with Crippen molar-refractivity contribution in [1.29, 1.82) is 0 Å². The van der Waals surface area contributed by atoms with Crippen molar-refractivity contribution in [1.82, 2.24) is 0 Å². The molecule has 0 atom stereocenters. The van der Waals surface area contributed by atoms with Crippen molar-refractivity contribution in [3.05, 3.63) is 108 Å². The molecule has 0 spiro atoms. The average molecular weight is 437 g/mol. The predicted molar refractivity (Wildman–Crippen MR) is 145 cm³/mol. The SMILES string of the molecule is CCN(CC)c1ccc(C(c2ccc(N(CC)CC)cc2)c2ccc3ccccc3c2)cc1. The van der Waals surface area contributed by atoms with Crippen LogP contribution in [-0.2, 0) is 0 Å². The van der Waals surface area contributed by atoms with Crippen LogP contribution in [0.15, 0.2) is 91.0 Å². The Morgan fingerprint density at radius 3 is 1.36 bits per heavy atom. The quantitative estimate of drug-likeness (QED) is 0.248. The molecule has 170 valence electrons. The van der Waals surface area contributed by atoms with E-state index in [-0.39, 0.29) is 5.92 Å². The first-order valence-electron chi connectivity index (χ1n) is 12.4.